The summed E-state index contributed by atoms with van der Waals surface area (Å²) < 4.78 is 5.57. The van der Waals surface area contributed by atoms with Crippen LogP contribution in [0.25, 0.3) is 21.5 Å². The Labute approximate surface area is 94.0 Å². The van der Waals surface area contributed by atoms with E-state index in [-0.39, 0.29) is 0 Å². The molecule has 0 N–H and O–H groups in total. The van der Waals surface area contributed by atoms with Gasteiger partial charge in [-0.2, -0.15) is 0 Å². The number of thiophene rings is 2. The van der Waals surface area contributed by atoms with E-state index in [4.69, 9.17) is 4.42 Å². The summed E-state index contributed by atoms with van der Waals surface area (Å²) in [4.78, 5) is 2.01. The zero-order valence-corrected chi connectivity index (χ0v) is 9.22. The molecule has 15 heavy (non-hydrogen) atoms. The zero-order valence-electron chi connectivity index (χ0n) is 7.58. The van der Waals surface area contributed by atoms with Crippen LogP contribution in [0.4, 0.5) is 0 Å². The Morgan fingerprint density at radius 3 is 1.80 bits per heavy atom. The molecule has 74 valence electrons. The van der Waals surface area contributed by atoms with Crippen molar-refractivity contribution >= 4 is 22.7 Å². The highest BCUT2D eigenvalue weighted by Crippen LogP contribution is 2.28. The summed E-state index contributed by atoms with van der Waals surface area (Å²) in [6, 6.07) is 7.87. The first kappa shape index (κ1) is 8.82. The summed E-state index contributed by atoms with van der Waals surface area (Å²) in [5, 5.41) is 12.0. The first-order valence-corrected chi connectivity index (χ1v) is 6.11. The first-order valence-electron chi connectivity index (χ1n) is 4.35. The highest BCUT2D eigenvalue weighted by molar-refractivity contribution is 7.13. The molecule has 3 heterocycles. The molecule has 0 aliphatic rings. The van der Waals surface area contributed by atoms with Gasteiger partial charge < -0.3 is 4.42 Å². The average molecular weight is 234 g/mol. The zero-order chi connectivity index (χ0) is 10.1. The molecule has 0 unspecified atom stereocenters. The predicted octanol–water partition coefficient (Wildman–Crippen LogP) is 3.53. The van der Waals surface area contributed by atoms with E-state index in [1.807, 2.05) is 35.0 Å². The van der Waals surface area contributed by atoms with E-state index in [1.54, 1.807) is 22.7 Å². The number of nitrogens with zero attached hydrogens (tertiary/aromatic N) is 2. The average Bonchev–Trinajstić information content (AvgIpc) is 3.02. The van der Waals surface area contributed by atoms with Crippen molar-refractivity contribution in [3.8, 4) is 21.5 Å². The molecule has 0 bridgehead atoms. The van der Waals surface area contributed by atoms with E-state index in [9.17, 15) is 0 Å². The van der Waals surface area contributed by atoms with E-state index in [1.165, 1.54) is 0 Å². The molecule has 0 amide bonds. The molecule has 3 nitrogen and oxygen atoms in total. The normalized spacial score (nSPS) is 10.7. The van der Waals surface area contributed by atoms with Gasteiger partial charge in [-0.3, -0.25) is 0 Å². The summed E-state index contributed by atoms with van der Waals surface area (Å²) in [7, 11) is 0. The SMILES string of the molecule is c1csc(-c2nnc(-c3cccs3)o2)c1. The van der Waals surface area contributed by atoms with Crippen LogP contribution in [0.2, 0.25) is 0 Å². The second kappa shape index (κ2) is 3.60. The van der Waals surface area contributed by atoms with Crippen LogP contribution in [0.15, 0.2) is 39.4 Å². The van der Waals surface area contributed by atoms with Gasteiger partial charge in [0, 0.05) is 0 Å². The minimum Gasteiger partial charge on any atom is -0.414 e. The smallest absolute Gasteiger partial charge is 0.258 e. The fourth-order valence-electron chi connectivity index (χ4n) is 1.22. The number of hydrogen-bond donors (Lipinski definition) is 0. The molecule has 0 atom stereocenters. The minimum atomic E-state index is 0.591. The van der Waals surface area contributed by atoms with E-state index < -0.39 is 0 Å². The molecule has 3 rings (SSSR count). The third-order valence-corrected chi connectivity index (χ3v) is 3.60. The van der Waals surface area contributed by atoms with Gasteiger partial charge in [0.05, 0.1) is 9.75 Å². The van der Waals surface area contributed by atoms with Crippen LogP contribution in [0.3, 0.4) is 0 Å². The Morgan fingerprint density at radius 1 is 0.867 bits per heavy atom. The van der Waals surface area contributed by atoms with Crippen LogP contribution < -0.4 is 0 Å². The van der Waals surface area contributed by atoms with Crippen molar-refractivity contribution in [1.29, 1.82) is 0 Å². The first-order chi connectivity index (χ1) is 7.43. The molecule has 5 heteroatoms. The van der Waals surface area contributed by atoms with Gasteiger partial charge >= 0.3 is 0 Å². The van der Waals surface area contributed by atoms with Crippen LogP contribution >= 0.6 is 22.7 Å². The Kier molecular flexibility index (Phi) is 2.12. The summed E-state index contributed by atoms with van der Waals surface area (Å²) in [5.41, 5.74) is 0. The molecule has 0 aliphatic carbocycles. The highest BCUT2D eigenvalue weighted by Gasteiger charge is 2.11. The second-order valence-electron chi connectivity index (χ2n) is 2.87. The predicted molar refractivity (Wildman–Crippen MR) is 60.9 cm³/mol. The van der Waals surface area contributed by atoms with E-state index >= 15 is 0 Å². The maximum atomic E-state index is 5.57. The third-order valence-electron chi connectivity index (χ3n) is 1.89. The fraction of sp³-hybridized carbons (Fsp3) is 0. The lowest BCUT2D eigenvalue weighted by atomic mass is 10.5. The Bertz CT molecular complexity index is 491. The lowest BCUT2D eigenvalue weighted by Gasteiger charge is -1.86. The summed E-state index contributed by atoms with van der Waals surface area (Å²) >= 11 is 3.19. The maximum absolute atomic E-state index is 5.57. The summed E-state index contributed by atoms with van der Waals surface area (Å²) in [6.45, 7) is 0. The molecule has 0 aliphatic heterocycles. The van der Waals surface area contributed by atoms with Crippen LogP contribution in [-0.2, 0) is 0 Å². The standard InChI is InChI=1S/C10H6N2OS2/c1-3-7(14-5-1)9-11-12-10(13-9)8-4-2-6-15-8/h1-6H. The van der Waals surface area contributed by atoms with Crippen molar-refractivity contribution in [2.45, 2.75) is 0 Å². The molecular weight excluding hydrogens is 228 g/mol. The van der Waals surface area contributed by atoms with Crippen molar-refractivity contribution in [3.63, 3.8) is 0 Å². The fourth-order valence-corrected chi connectivity index (χ4v) is 2.51. The van der Waals surface area contributed by atoms with E-state index in [0.29, 0.717) is 11.8 Å². The number of rotatable bonds is 2. The third kappa shape index (κ3) is 1.60. The summed E-state index contributed by atoms with van der Waals surface area (Å²) in [6.07, 6.45) is 0. The van der Waals surface area contributed by atoms with Gasteiger partial charge in [0.1, 0.15) is 0 Å². The Morgan fingerprint density at radius 2 is 1.40 bits per heavy atom. The largest absolute Gasteiger partial charge is 0.414 e. The van der Waals surface area contributed by atoms with Crippen molar-refractivity contribution in [2.24, 2.45) is 0 Å². The van der Waals surface area contributed by atoms with Crippen molar-refractivity contribution in [1.82, 2.24) is 10.2 Å². The monoisotopic (exact) mass is 234 g/mol. The van der Waals surface area contributed by atoms with Crippen molar-refractivity contribution < 1.29 is 4.42 Å². The Balaban J connectivity index is 2.02. The molecule has 0 spiro atoms. The molecule has 0 saturated heterocycles. The van der Waals surface area contributed by atoms with E-state index in [2.05, 4.69) is 10.2 Å². The van der Waals surface area contributed by atoms with E-state index in [0.717, 1.165) is 9.75 Å². The maximum Gasteiger partial charge on any atom is 0.258 e. The van der Waals surface area contributed by atoms with Gasteiger partial charge in [0.2, 0.25) is 0 Å². The van der Waals surface area contributed by atoms with Crippen molar-refractivity contribution in [3.05, 3.63) is 35.0 Å². The Hall–Kier alpha value is -1.46. The number of hydrogen-bond acceptors (Lipinski definition) is 5. The lowest BCUT2D eigenvalue weighted by molar-refractivity contribution is 0.587. The quantitative estimate of drug-likeness (QED) is 0.681. The molecule has 0 saturated carbocycles. The van der Waals surface area contributed by atoms with Gasteiger partial charge in [-0.1, -0.05) is 12.1 Å². The molecular formula is C10H6N2OS2. The lowest BCUT2D eigenvalue weighted by Crippen LogP contribution is -1.71. The van der Waals surface area contributed by atoms with Crippen LogP contribution in [-0.4, -0.2) is 10.2 Å². The van der Waals surface area contributed by atoms with Gasteiger partial charge in [-0.05, 0) is 22.9 Å². The van der Waals surface area contributed by atoms with Crippen LogP contribution in [0.5, 0.6) is 0 Å². The van der Waals surface area contributed by atoms with Crippen LogP contribution in [0, 0.1) is 0 Å². The number of aromatic nitrogens is 2. The van der Waals surface area contributed by atoms with Crippen molar-refractivity contribution in [2.75, 3.05) is 0 Å². The van der Waals surface area contributed by atoms with Gasteiger partial charge in [-0.15, -0.1) is 32.9 Å². The highest BCUT2D eigenvalue weighted by atomic mass is 32.1. The second-order valence-corrected chi connectivity index (χ2v) is 4.76. The molecule has 3 aromatic heterocycles. The minimum absolute atomic E-state index is 0.591. The molecule has 0 radical (unpaired) electrons. The van der Waals surface area contributed by atoms with Crippen LogP contribution in [0.1, 0.15) is 0 Å². The van der Waals surface area contributed by atoms with Gasteiger partial charge in [0.15, 0.2) is 0 Å². The molecule has 0 fully saturated rings. The molecule has 0 aromatic carbocycles. The van der Waals surface area contributed by atoms with Gasteiger partial charge in [-0.25, -0.2) is 0 Å². The van der Waals surface area contributed by atoms with Gasteiger partial charge in [0.25, 0.3) is 11.8 Å². The summed E-state index contributed by atoms with van der Waals surface area (Å²) in [5.74, 6) is 1.18. The molecule has 3 aromatic rings. The topological polar surface area (TPSA) is 38.9 Å².